The Morgan fingerprint density at radius 1 is 0.958 bits per heavy atom. The number of hydrogen-bond donors (Lipinski definition) is 0. The quantitative estimate of drug-likeness (QED) is 0.463. The van der Waals surface area contributed by atoms with Crippen LogP contribution in [0.3, 0.4) is 0 Å². The zero-order valence-corrected chi connectivity index (χ0v) is 13.7. The summed E-state index contributed by atoms with van der Waals surface area (Å²) in [7, 11) is -2.99. The lowest BCUT2D eigenvalue weighted by molar-refractivity contribution is -0.131. The predicted octanol–water partition coefficient (Wildman–Crippen LogP) is 2.17. The summed E-state index contributed by atoms with van der Waals surface area (Å²) in [6.07, 6.45) is 0. The molecule has 8 heteroatoms. The van der Waals surface area contributed by atoms with Gasteiger partial charge in [-0.1, -0.05) is 12.1 Å². The Labute approximate surface area is 138 Å². The molecule has 0 N–H and O–H groups in total. The first-order valence-electron chi connectivity index (χ1n) is 6.74. The number of carbonyl (C=O) groups excluding carboxylic acids is 2. The maximum Gasteiger partial charge on any atom is 0.341 e. The van der Waals surface area contributed by atoms with Crippen molar-refractivity contribution < 1.29 is 31.7 Å². The van der Waals surface area contributed by atoms with Crippen LogP contribution in [0, 0.1) is 0 Å². The summed E-state index contributed by atoms with van der Waals surface area (Å²) in [5.74, 6) is -1.18. The topological polar surface area (TPSA) is 96.0 Å². The van der Waals surface area contributed by atoms with Crippen LogP contribution >= 0.6 is 0 Å². The molecule has 2 aromatic rings. The van der Waals surface area contributed by atoms with Crippen LogP contribution in [0.4, 0.5) is 0 Å². The van der Waals surface area contributed by atoms with Gasteiger partial charge in [0.2, 0.25) is 0 Å². The molecule has 0 radical (unpaired) electrons. The normalized spacial score (nSPS) is 10.8. The van der Waals surface area contributed by atoms with Gasteiger partial charge >= 0.3 is 22.1 Å². The second-order valence-corrected chi connectivity index (χ2v) is 6.14. The zero-order chi connectivity index (χ0) is 17.7. The van der Waals surface area contributed by atoms with Crippen molar-refractivity contribution in [3.63, 3.8) is 0 Å². The van der Waals surface area contributed by atoms with E-state index >= 15 is 0 Å². The molecule has 2 rings (SSSR count). The number of esters is 2. The van der Waals surface area contributed by atoms with E-state index in [0.29, 0.717) is 0 Å². The Hall–Kier alpha value is -2.87. The van der Waals surface area contributed by atoms with Crippen LogP contribution in [0.25, 0.3) is 0 Å². The monoisotopic (exact) mass is 350 g/mol. The number of hydrogen-bond acceptors (Lipinski definition) is 7. The third kappa shape index (κ3) is 4.11. The molecule has 7 nitrogen and oxygen atoms in total. The molecule has 0 aliphatic rings. The molecule has 0 saturated heterocycles. The van der Waals surface area contributed by atoms with Gasteiger partial charge in [0, 0.05) is 6.92 Å². The highest BCUT2D eigenvalue weighted by molar-refractivity contribution is 7.87. The molecule has 24 heavy (non-hydrogen) atoms. The average molecular weight is 350 g/mol. The molecular formula is C16H14O7S. The standard InChI is InChI=1S/C16H14O7S/c1-11(17)22-12-7-9-13(10-8-12)24(19,20)23-15-6-4-3-5-14(15)16(18)21-2/h3-10H,1-2H3. The van der Waals surface area contributed by atoms with Crippen LogP contribution in [0.1, 0.15) is 17.3 Å². The van der Waals surface area contributed by atoms with Crippen LogP contribution in [0.15, 0.2) is 53.4 Å². The predicted molar refractivity (Wildman–Crippen MR) is 83.3 cm³/mol. The van der Waals surface area contributed by atoms with Gasteiger partial charge in [-0.05, 0) is 36.4 Å². The van der Waals surface area contributed by atoms with E-state index in [4.69, 9.17) is 8.92 Å². The van der Waals surface area contributed by atoms with E-state index in [9.17, 15) is 18.0 Å². The van der Waals surface area contributed by atoms with E-state index in [-0.39, 0.29) is 22.0 Å². The molecule has 2 aromatic carbocycles. The summed E-state index contributed by atoms with van der Waals surface area (Å²) < 4.78 is 39.1. The van der Waals surface area contributed by atoms with Gasteiger partial charge in [-0.3, -0.25) is 4.79 Å². The first-order valence-corrected chi connectivity index (χ1v) is 8.14. The molecule has 0 aliphatic carbocycles. The van der Waals surface area contributed by atoms with E-state index in [1.54, 1.807) is 6.07 Å². The SMILES string of the molecule is COC(=O)c1ccccc1OS(=O)(=O)c1ccc(OC(C)=O)cc1. The van der Waals surface area contributed by atoms with Gasteiger partial charge in [0.05, 0.1) is 7.11 Å². The minimum Gasteiger partial charge on any atom is -0.465 e. The summed E-state index contributed by atoms with van der Waals surface area (Å²) >= 11 is 0. The summed E-state index contributed by atoms with van der Waals surface area (Å²) in [5.41, 5.74) is -0.0138. The largest absolute Gasteiger partial charge is 0.465 e. The smallest absolute Gasteiger partial charge is 0.341 e. The molecule has 0 fully saturated rings. The van der Waals surface area contributed by atoms with Crippen molar-refractivity contribution in [2.75, 3.05) is 7.11 Å². The lowest BCUT2D eigenvalue weighted by Gasteiger charge is -2.10. The molecule has 0 atom stereocenters. The second kappa shape index (κ2) is 7.14. The van der Waals surface area contributed by atoms with Gasteiger partial charge in [-0.15, -0.1) is 0 Å². The minimum atomic E-state index is -4.17. The maximum atomic E-state index is 12.3. The maximum absolute atomic E-state index is 12.3. The Kier molecular flexibility index (Phi) is 5.20. The number of rotatable bonds is 5. The van der Waals surface area contributed by atoms with Crippen molar-refractivity contribution >= 4 is 22.1 Å². The molecule has 0 spiro atoms. The lowest BCUT2D eigenvalue weighted by atomic mass is 10.2. The van der Waals surface area contributed by atoms with E-state index in [1.807, 2.05) is 0 Å². The molecule has 0 heterocycles. The molecule has 0 saturated carbocycles. The molecule has 0 aliphatic heterocycles. The van der Waals surface area contributed by atoms with Crippen LogP contribution in [-0.2, 0) is 19.6 Å². The van der Waals surface area contributed by atoms with Crippen molar-refractivity contribution in [1.29, 1.82) is 0 Å². The van der Waals surface area contributed by atoms with Crippen LogP contribution < -0.4 is 8.92 Å². The van der Waals surface area contributed by atoms with Crippen molar-refractivity contribution in [2.24, 2.45) is 0 Å². The molecule has 0 aromatic heterocycles. The van der Waals surface area contributed by atoms with Crippen LogP contribution in [-0.4, -0.2) is 27.5 Å². The second-order valence-electron chi connectivity index (χ2n) is 4.59. The lowest BCUT2D eigenvalue weighted by Crippen LogP contribution is -2.13. The molecule has 0 amide bonds. The van der Waals surface area contributed by atoms with Crippen molar-refractivity contribution in [3.05, 3.63) is 54.1 Å². The summed E-state index contributed by atoms with van der Waals surface area (Å²) in [6.45, 7) is 1.23. The van der Waals surface area contributed by atoms with Crippen molar-refractivity contribution in [2.45, 2.75) is 11.8 Å². The zero-order valence-electron chi connectivity index (χ0n) is 12.9. The first kappa shape index (κ1) is 17.5. The van der Waals surface area contributed by atoms with E-state index < -0.39 is 22.1 Å². The minimum absolute atomic E-state index is 0.0138. The van der Waals surface area contributed by atoms with Gasteiger partial charge in [0.1, 0.15) is 16.2 Å². The highest BCUT2D eigenvalue weighted by Crippen LogP contribution is 2.24. The van der Waals surface area contributed by atoms with Crippen LogP contribution in [0.2, 0.25) is 0 Å². The van der Waals surface area contributed by atoms with Gasteiger partial charge < -0.3 is 13.7 Å². The number of para-hydroxylation sites is 1. The number of ether oxygens (including phenoxy) is 2. The number of carbonyl (C=O) groups is 2. The fourth-order valence-electron chi connectivity index (χ4n) is 1.82. The average Bonchev–Trinajstić information content (AvgIpc) is 2.54. The number of methoxy groups -OCH3 is 1. The number of benzene rings is 2. The van der Waals surface area contributed by atoms with Crippen molar-refractivity contribution in [3.8, 4) is 11.5 Å². The van der Waals surface area contributed by atoms with Gasteiger partial charge in [0.15, 0.2) is 5.75 Å². The Morgan fingerprint density at radius 2 is 1.58 bits per heavy atom. The van der Waals surface area contributed by atoms with E-state index in [0.717, 1.165) is 0 Å². The van der Waals surface area contributed by atoms with Crippen molar-refractivity contribution in [1.82, 2.24) is 0 Å². The third-order valence-electron chi connectivity index (χ3n) is 2.87. The van der Waals surface area contributed by atoms with E-state index in [1.165, 1.54) is 56.5 Å². The Morgan fingerprint density at radius 3 is 2.17 bits per heavy atom. The fraction of sp³-hybridized carbons (Fsp3) is 0.125. The van der Waals surface area contributed by atoms with Gasteiger partial charge in [-0.2, -0.15) is 8.42 Å². The highest BCUT2D eigenvalue weighted by atomic mass is 32.2. The van der Waals surface area contributed by atoms with Gasteiger partial charge in [-0.25, -0.2) is 4.79 Å². The summed E-state index contributed by atoms with van der Waals surface area (Å²) in [6, 6.07) is 10.9. The molecular weight excluding hydrogens is 336 g/mol. The summed E-state index contributed by atoms with van der Waals surface area (Å²) in [5, 5.41) is 0. The fourth-order valence-corrected chi connectivity index (χ4v) is 2.77. The van der Waals surface area contributed by atoms with Crippen LogP contribution in [0.5, 0.6) is 11.5 Å². The molecule has 126 valence electrons. The van der Waals surface area contributed by atoms with Gasteiger partial charge in [0.25, 0.3) is 0 Å². The highest BCUT2D eigenvalue weighted by Gasteiger charge is 2.21. The third-order valence-corrected chi connectivity index (χ3v) is 4.11. The Balaban J connectivity index is 2.29. The molecule has 0 unspecified atom stereocenters. The molecule has 0 bridgehead atoms. The van der Waals surface area contributed by atoms with E-state index in [2.05, 4.69) is 4.74 Å². The summed E-state index contributed by atoms with van der Waals surface area (Å²) in [4.78, 5) is 22.4. The first-order chi connectivity index (χ1) is 11.3. The Bertz CT molecular complexity index is 854.